The van der Waals surface area contributed by atoms with Crippen molar-refractivity contribution in [3.05, 3.63) is 47.0 Å². The molecule has 0 aliphatic rings. The summed E-state index contributed by atoms with van der Waals surface area (Å²) in [6.07, 6.45) is 0. The van der Waals surface area contributed by atoms with Gasteiger partial charge in [0.15, 0.2) is 11.5 Å². The van der Waals surface area contributed by atoms with Crippen LogP contribution in [-0.2, 0) is 9.53 Å². The highest BCUT2D eigenvalue weighted by Gasteiger charge is 2.19. The molecule has 7 heteroatoms. The molecule has 0 heterocycles. The Morgan fingerprint density at radius 3 is 2.30 bits per heavy atom. The highest BCUT2D eigenvalue weighted by atomic mass is 32.2. The smallest absolute Gasteiger partial charge is 0.340 e. The van der Waals surface area contributed by atoms with Crippen molar-refractivity contribution in [2.45, 2.75) is 18.7 Å². The number of esters is 1. The molecule has 2 aromatic rings. The number of nitrogens with one attached hydrogen (secondary N) is 1. The van der Waals surface area contributed by atoms with Gasteiger partial charge in [0, 0.05) is 17.0 Å². The topological polar surface area (TPSA) is 73.9 Å². The van der Waals surface area contributed by atoms with Crippen LogP contribution < -0.4 is 14.8 Å². The molecule has 27 heavy (non-hydrogen) atoms. The van der Waals surface area contributed by atoms with Gasteiger partial charge in [-0.2, -0.15) is 0 Å². The van der Waals surface area contributed by atoms with Crippen LogP contribution in [0.5, 0.6) is 11.5 Å². The predicted octanol–water partition coefficient (Wildman–Crippen LogP) is 3.84. The molecular formula is C20H23NO5S. The molecular weight excluding hydrogens is 366 g/mol. The Morgan fingerprint density at radius 1 is 1.00 bits per heavy atom. The van der Waals surface area contributed by atoms with Gasteiger partial charge in [0.25, 0.3) is 0 Å². The third-order valence-electron chi connectivity index (χ3n) is 3.91. The van der Waals surface area contributed by atoms with E-state index in [1.807, 2.05) is 32.0 Å². The van der Waals surface area contributed by atoms with E-state index in [1.54, 1.807) is 6.07 Å². The van der Waals surface area contributed by atoms with E-state index in [2.05, 4.69) is 5.32 Å². The lowest BCUT2D eigenvalue weighted by molar-refractivity contribution is -0.113. The summed E-state index contributed by atoms with van der Waals surface area (Å²) in [5, 5.41) is 2.76. The molecule has 2 rings (SSSR count). The van der Waals surface area contributed by atoms with E-state index in [0.717, 1.165) is 16.0 Å². The maximum Gasteiger partial charge on any atom is 0.340 e. The summed E-state index contributed by atoms with van der Waals surface area (Å²) >= 11 is 1.44. The highest BCUT2D eigenvalue weighted by molar-refractivity contribution is 8.00. The Morgan fingerprint density at radius 2 is 1.67 bits per heavy atom. The molecule has 0 radical (unpaired) electrons. The molecule has 0 saturated carbocycles. The molecule has 0 atom stereocenters. The number of benzene rings is 2. The van der Waals surface area contributed by atoms with Crippen LogP contribution in [-0.4, -0.2) is 39.0 Å². The van der Waals surface area contributed by atoms with Gasteiger partial charge in [-0.05, 0) is 25.5 Å². The first-order valence-corrected chi connectivity index (χ1v) is 9.22. The first kappa shape index (κ1) is 20.6. The number of aryl methyl sites for hydroxylation is 2. The summed E-state index contributed by atoms with van der Waals surface area (Å²) in [6.45, 7) is 4.01. The maximum absolute atomic E-state index is 12.4. The number of amides is 1. The molecule has 0 aromatic heterocycles. The molecule has 0 fully saturated rings. The number of hydrogen-bond donors (Lipinski definition) is 1. The molecule has 0 spiro atoms. The van der Waals surface area contributed by atoms with E-state index in [1.165, 1.54) is 39.2 Å². The quantitative estimate of drug-likeness (QED) is 0.573. The van der Waals surface area contributed by atoms with Crippen molar-refractivity contribution in [2.75, 3.05) is 32.4 Å². The molecule has 0 saturated heterocycles. The second-order valence-corrected chi connectivity index (χ2v) is 6.87. The van der Waals surface area contributed by atoms with E-state index in [9.17, 15) is 9.59 Å². The van der Waals surface area contributed by atoms with Gasteiger partial charge in [0.2, 0.25) is 5.91 Å². The van der Waals surface area contributed by atoms with E-state index in [0.29, 0.717) is 17.2 Å². The molecule has 1 amide bonds. The van der Waals surface area contributed by atoms with E-state index < -0.39 is 5.97 Å². The molecule has 6 nitrogen and oxygen atoms in total. The Kier molecular flexibility index (Phi) is 7.12. The molecule has 0 aliphatic carbocycles. The summed E-state index contributed by atoms with van der Waals surface area (Å²) in [6, 6.07) is 9.14. The molecule has 0 bridgehead atoms. The standard InChI is InChI=1S/C20H23NO5S/c1-12-6-7-13(2)18(8-12)27-11-19(22)21-15-10-17(25-4)16(24-3)9-14(15)20(23)26-5/h6-10H,11H2,1-5H3,(H,21,22). The van der Waals surface area contributed by atoms with Gasteiger partial charge in [-0.15, -0.1) is 11.8 Å². The first-order chi connectivity index (χ1) is 12.9. The zero-order valence-electron chi connectivity index (χ0n) is 16.0. The van der Waals surface area contributed by atoms with Crippen LogP contribution in [0.3, 0.4) is 0 Å². The predicted molar refractivity (Wildman–Crippen MR) is 106 cm³/mol. The zero-order valence-corrected chi connectivity index (χ0v) is 16.9. The fourth-order valence-corrected chi connectivity index (χ4v) is 3.38. The highest BCUT2D eigenvalue weighted by Crippen LogP contribution is 2.34. The van der Waals surface area contributed by atoms with Crippen LogP contribution in [0.2, 0.25) is 0 Å². The Bertz CT molecular complexity index is 851. The van der Waals surface area contributed by atoms with Gasteiger partial charge < -0.3 is 19.5 Å². The van der Waals surface area contributed by atoms with Crippen LogP contribution in [0, 0.1) is 13.8 Å². The van der Waals surface area contributed by atoms with Crippen LogP contribution in [0.4, 0.5) is 5.69 Å². The number of hydrogen-bond acceptors (Lipinski definition) is 6. The molecule has 0 aliphatic heterocycles. The monoisotopic (exact) mass is 389 g/mol. The Labute approximate surface area is 163 Å². The van der Waals surface area contributed by atoms with Crippen LogP contribution in [0.15, 0.2) is 35.2 Å². The van der Waals surface area contributed by atoms with Crippen LogP contribution >= 0.6 is 11.8 Å². The lowest BCUT2D eigenvalue weighted by Crippen LogP contribution is -2.17. The van der Waals surface area contributed by atoms with Crippen molar-refractivity contribution in [3.63, 3.8) is 0 Å². The molecule has 2 aromatic carbocycles. The van der Waals surface area contributed by atoms with E-state index >= 15 is 0 Å². The van der Waals surface area contributed by atoms with Crippen molar-refractivity contribution in [2.24, 2.45) is 0 Å². The normalized spacial score (nSPS) is 10.3. The van der Waals surface area contributed by atoms with Crippen molar-refractivity contribution in [1.29, 1.82) is 0 Å². The van der Waals surface area contributed by atoms with Gasteiger partial charge >= 0.3 is 5.97 Å². The number of rotatable bonds is 7. The lowest BCUT2D eigenvalue weighted by atomic mass is 10.1. The number of anilines is 1. The minimum atomic E-state index is -0.576. The van der Waals surface area contributed by atoms with Crippen molar-refractivity contribution in [3.8, 4) is 11.5 Å². The van der Waals surface area contributed by atoms with Gasteiger partial charge in [0.1, 0.15) is 0 Å². The average Bonchev–Trinajstić information content (AvgIpc) is 2.67. The molecule has 0 unspecified atom stereocenters. The van der Waals surface area contributed by atoms with E-state index in [4.69, 9.17) is 14.2 Å². The fraction of sp³-hybridized carbons (Fsp3) is 0.300. The number of methoxy groups -OCH3 is 3. The zero-order chi connectivity index (χ0) is 20.0. The summed E-state index contributed by atoms with van der Waals surface area (Å²) in [7, 11) is 4.23. The summed E-state index contributed by atoms with van der Waals surface area (Å²) in [5.41, 5.74) is 2.75. The molecule has 1 N–H and O–H groups in total. The van der Waals surface area contributed by atoms with Gasteiger partial charge in [0.05, 0.1) is 38.3 Å². The fourth-order valence-electron chi connectivity index (χ4n) is 2.45. The van der Waals surface area contributed by atoms with Gasteiger partial charge in [-0.25, -0.2) is 4.79 Å². The van der Waals surface area contributed by atoms with Gasteiger partial charge in [-0.3, -0.25) is 4.79 Å². The minimum Gasteiger partial charge on any atom is -0.493 e. The summed E-state index contributed by atoms with van der Waals surface area (Å²) in [4.78, 5) is 25.6. The summed E-state index contributed by atoms with van der Waals surface area (Å²) in [5.74, 6) is 0.175. The number of carbonyl (C=O) groups excluding carboxylic acids is 2. The number of thioether (sulfide) groups is 1. The third-order valence-corrected chi connectivity index (χ3v) is 5.06. The van der Waals surface area contributed by atoms with E-state index in [-0.39, 0.29) is 17.2 Å². The summed E-state index contributed by atoms with van der Waals surface area (Å²) < 4.78 is 15.3. The second kappa shape index (κ2) is 9.32. The van der Waals surface area contributed by atoms with Crippen molar-refractivity contribution < 1.29 is 23.8 Å². The lowest BCUT2D eigenvalue weighted by Gasteiger charge is -2.14. The first-order valence-electron chi connectivity index (χ1n) is 8.23. The third kappa shape index (κ3) is 5.17. The second-order valence-electron chi connectivity index (χ2n) is 5.85. The van der Waals surface area contributed by atoms with Crippen LogP contribution in [0.1, 0.15) is 21.5 Å². The van der Waals surface area contributed by atoms with Crippen LogP contribution in [0.25, 0.3) is 0 Å². The molecule has 144 valence electrons. The Hall–Kier alpha value is -2.67. The number of ether oxygens (including phenoxy) is 3. The minimum absolute atomic E-state index is 0.195. The Balaban J connectivity index is 2.20. The van der Waals surface area contributed by atoms with Gasteiger partial charge in [-0.1, -0.05) is 17.7 Å². The maximum atomic E-state index is 12.4. The SMILES string of the molecule is COC(=O)c1cc(OC)c(OC)cc1NC(=O)CSc1cc(C)ccc1C. The number of carbonyl (C=O) groups is 2. The van der Waals surface area contributed by atoms with Crippen molar-refractivity contribution in [1.82, 2.24) is 0 Å². The van der Waals surface area contributed by atoms with Crippen molar-refractivity contribution >= 4 is 29.3 Å². The largest absolute Gasteiger partial charge is 0.493 e. The average molecular weight is 389 g/mol.